The van der Waals surface area contributed by atoms with Crippen molar-refractivity contribution in [3.05, 3.63) is 63.3 Å². The summed E-state index contributed by atoms with van der Waals surface area (Å²) in [5.74, 6) is -1.71. The fraction of sp³-hybridized carbons (Fsp3) is 0.0667. The van der Waals surface area contributed by atoms with Gasteiger partial charge >= 0.3 is 0 Å². The van der Waals surface area contributed by atoms with Crippen molar-refractivity contribution in [3.63, 3.8) is 0 Å². The normalized spacial score (nSPS) is 10.2. The number of amides is 2. The molecule has 0 heterocycles. The minimum absolute atomic E-state index is 0.102. The molecule has 0 aliphatic carbocycles. The molecule has 0 aromatic heterocycles. The SMILES string of the molecule is O=C(CSc1ccc(Cl)cc1)NNC(=O)c1ccc(Br)cc1F. The van der Waals surface area contributed by atoms with Crippen molar-refractivity contribution >= 4 is 51.1 Å². The van der Waals surface area contributed by atoms with Crippen molar-refractivity contribution in [2.75, 3.05) is 5.75 Å². The van der Waals surface area contributed by atoms with Gasteiger partial charge in [-0.15, -0.1) is 11.8 Å². The lowest BCUT2D eigenvalue weighted by Crippen LogP contribution is -2.42. The van der Waals surface area contributed by atoms with E-state index in [1.807, 2.05) is 0 Å². The second-order valence-corrected chi connectivity index (χ2v) is 6.77. The first kappa shape index (κ1) is 17.8. The molecule has 2 amide bonds. The van der Waals surface area contributed by atoms with E-state index in [1.165, 1.54) is 30.0 Å². The van der Waals surface area contributed by atoms with Gasteiger partial charge in [-0.05, 0) is 42.5 Å². The van der Waals surface area contributed by atoms with Crippen LogP contribution in [0.2, 0.25) is 5.02 Å². The van der Waals surface area contributed by atoms with Gasteiger partial charge in [-0.1, -0.05) is 27.5 Å². The Hall–Kier alpha value is -1.57. The van der Waals surface area contributed by atoms with Gasteiger partial charge in [0, 0.05) is 14.4 Å². The van der Waals surface area contributed by atoms with Crippen molar-refractivity contribution in [1.82, 2.24) is 10.9 Å². The number of rotatable bonds is 4. The molecule has 120 valence electrons. The van der Waals surface area contributed by atoms with Crippen LogP contribution in [0.4, 0.5) is 4.39 Å². The summed E-state index contributed by atoms with van der Waals surface area (Å²) in [6.45, 7) is 0. The third kappa shape index (κ3) is 5.53. The summed E-state index contributed by atoms with van der Waals surface area (Å²) in [7, 11) is 0. The van der Waals surface area contributed by atoms with Crippen LogP contribution in [0.5, 0.6) is 0 Å². The van der Waals surface area contributed by atoms with Crippen molar-refractivity contribution < 1.29 is 14.0 Å². The second kappa shape index (κ2) is 8.33. The Kier molecular flexibility index (Phi) is 6.44. The molecular formula is C15H11BrClFN2O2S. The average Bonchev–Trinajstić information content (AvgIpc) is 2.52. The highest BCUT2D eigenvalue weighted by Gasteiger charge is 2.12. The van der Waals surface area contributed by atoms with Crippen molar-refractivity contribution in [2.24, 2.45) is 0 Å². The highest BCUT2D eigenvalue weighted by Crippen LogP contribution is 2.20. The number of hydrogen-bond donors (Lipinski definition) is 2. The number of thioether (sulfide) groups is 1. The Bertz CT molecular complexity index is 728. The summed E-state index contributed by atoms with van der Waals surface area (Å²) in [5.41, 5.74) is 4.26. The number of hydrazine groups is 1. The van der Waals surface area contributed by atoms with Crippen LogP contribution in [-0.2, 0) is 4.79 Å². The van der Waals surface area contributed by atoms with Gasteiger partial charge < -0.3 is 0 Å². The van der Waals surface area contributed by atoms with Crippen molar-refractivity contribution in [3.8, 4) is 0 Å². The molecule has 23 heavy (non-hydrogen) atoms. The zero-order chi connectivity index (χ0) is 16.8. The van der Waals surface area contributed by atoms with E-state index in [-0.39, 0.29) is 11.3 Å². The lowest BCUT2D eigenvalue weighted by molar-refractivity contribution is -0.119. The van der Waals surface area contributed by atoms with E-state index in [4.69, 9.17) is 11.6 Å². The van der Waals surface area contributed by atoms with Crippen LogP contribution in [0.3, 0.4) is 0 Å². The number of carbonyl (C=O) groups is 2. The topological polar surface area (TPSA) is 58.2 Å². The van der Waals surface area contributed by atoms with Crippen LogP contribution < -0.4 is 10.9 Å². The summed E-state index contributed by atoms with van der Waals surface area (Å²) in [5, 5.41) is 0.614. The first-order chi connectivity index (χ1) is 11.0. The number of carbonyl (C=O) groups excluding carboxylic acids is 2. The first-order valence-corrected chi connectivity index (χ1v) is 8.54. The van der Waals surface area contributed by atoms with Gasteiger partial charge in [0.15, 0.2) is 0 Å². The first-order valence-electron chi connectivity index (χ1n) is 6.38. The van der Waals surface area contributed by atoms with Gasteiger partial charge in [-0.25, -0.2) is 4.39 Å². The maximum Gasteiger partial charge on any atom is 0.272 e. The number of hydrogen-bond acceptors (Lipinski definition) is 3. The standard InChI is InChI=1S/C15H11BrClFN2O2S/c16-9-1-6-12(13(18)7-9)15(22)20-19-14(21)8-23-11-4-2-10(17)3-5-11/h1-7H,8H2,(H,19,21)(H,20,22). The molecule has 2 aromatic carbocycles. The molecular weight excluding hydrogens is 407 g/mol. The largest absolute Gasteiger partial charge is 0.272 e. The lowest BCUT2D eigenvalue weighted by atomic mass is 10.2. The number of nitrogens with one attached hydrogen (secondary N) is 2. The van der Waals surface area contributed by atoms with E-state index in [0.29, 0.717) is 9.50 Å². The van der Waals surface area contributed by atoms with Crippen molar-refractivity contribution in [1.29, 1.82) is 0 Å². The zero-order valence-electron chi connectivity index (χ0n) is 11.6. The van der Waals surface area contributed by atoms with Gasteiger partial charge in [0.1, 0.15) is 5.82 Å². The van der Waals surface area contributed by atoms with Crippen LogP contribution in [-0.4, -0.2) is 17.6 Å². The van der Waals surface area contributed by atoms with Crippen LogP contribution >= 0.6 is 39.3 Å². The van der Waals surface area contributed by atoms with Crippen molar-refractivity contribution in [2.45, 2.75) is 4.90 Å². The zero-order valence-corrected chi connectivity index (χ0v) is 14.8. The molecule has 0 aliphatic heterocycles. The van der Waals surface area contributed by atoms with E-state index in [9.17, 15) is 14.0 Å². The molecule has 0 saturated carbocycles. The molecule has 0 radical (unpaired) electrons. The molecule has 2 rings (SSSR count). The van der Waals surface area contributed by atoms with Gasteiger partial charge in [0.25, 0.3) is 5.91 Å². The van der Waals surface area contributed by atoms with Crippen LogP contribution in [0.15, 0.2) is 51.8 Å². The van der Waals surface area contributed by atoms with Crippen LogP contribution in [0.25, 0.3) is 0 Å². The van der Waals surface area contributed by atoms with E-state index >= 15 is 0 Å². The molecule has 0 fully saturated rings. The fourth-order valence-electron chi connectivity index (χ4n) is 1.58. The van der Waals surface area contributed by atoms with Gasteiger partial charge in [0.2, 0.25) is 5.91 Å². The summed E-state index contributed by atoms with van der Waals surface area (Å²) in [4.78, 5) is 24.3. The molecule has 0 aliphatic rings. The van der Waals surface area contributed by atoms with E-state index in [1.54, 1.807) is 24.3 Å². The van der Waals surface area contributed by atoms with E-state index in [2.05, 4.69) is 26.8 Å². The summed E-state index contributed by atoms with van der Waals surface area (Å²) in [6.07, 6.45) is 0. The molecule has 0 unspecified atom stereocenters. The third-order valence-electron chi connectivity index (χ3n) is 2.67. The Morgan fingerprint density at radius 3 is 2.48 bits per heavy atom. The molecule has 8 heteroatoms. The molecule has 0 bridgehead atoms. The predicted octanol–water partition coefficient (Wildman–Crippen LogP) is 3.79. The quantitative estimate of drug-likeness (QED) is 0.588. The Morgan fingerprint density at radius 2 is 1.83 bits per heavy atom. The fourth-order valence-corrected chi connectivity index (χ4v) is 2.74. The lowest BCUT2D eigenvalue weighted by Gasteiger charge is -2.08. The maximum atomic E-state index is 13.6. The number of benzene rings is 2. The molecule has 2 N–H and O–H groups in total. The summed E-state index contributed by atoms with van der Waals surface area (Å²) >= 11 is 10.2. The Morgan fingerprint density at radius 1 is 1.13 bits per heavy atom. The molecule has 0 saturated heterocycles. The molecule has 0 spiro atoms. The monoisotopic (exact) mass is 416 g/mol. The average molecular weight is 418 g/mol. The summed E-state index contributed by atoms with van der Waals surface area (Å²) < 4.78 is 14.1. The van der Waals surface area contributed by atoms with E-state index in [0.717, 1.165) is 4.90 Å². The minimum Gasteiger partial charge on any atom is -0.272 e. The Labute approximate surface area is 149 Å². The number of halogens is 3. The smallest absolute Gasteiger partial charge is 0.272 e. The van der Waals surface area contributed by atoms with Gasteiger partial charge in [-0.2, -0.15) is 0 Å². The third-order valence-corrected chi connectivity index (χ3v) is 4.43. The summed E-state index contributed by atoms with van der Waals surface area (Å²) in [6, 6.07) is 11.1. The molecule has 4 nitrogen and oxygen atoms in total. The van der Waals surface area contributed by atoms with E-state index < -0.39 is 17.6 Å². The highest BCUT2D eigenvalue weighted by molar-refractivity contribution is 9.10. The maximum absolute atomic E-state index is 13.6. The van der Waals surface area contributed by atoms with Gasteiger partial charge in [-0.3, -0.25) is 20.4 Å². The highest BCUT2D eigenvalue weighted by atomic mass is 79.9. The Balaban J connectivity index is 1.81. The predicted molar refractivity (Wildman–Crippen MR) is 91.9 cm³/mol. The minimum atomic E-state index is -0.722. The molecule has 0 atom stereocenters. The molecule has 2 aromatic rings. The second-order valence-electron chi connectivity index (χ2n) is 4.37. The van der Waals surface area contributed by atoms with Gasteiger partial charge in [0.05, 0.1) is 11.3 Å². The van der Waals surface area contributed by atoms with Crippen LogP contribution in [0.1, 0.15) is 10.4 Å². The van der Waals surface area contributed by atoms with Crippen LogP contribution in [0, 0.1) is 5.82 Å².